The number of carbonyl (C=O) groups is 1. The molecule has 0 spiro atoms. The van der Waals surface area contributed by atoms with Gasteiger partial charge in [-0.15, -0.1) is 0 Å². The Morgan fingerprint density at radius 3 is 2.00 bits per heavy atom. The van der Waals surface area contributed by atoms with E-state index < -0.39 is 17.7 Å². The van der Waals surface area contributed by atoms with Crippen LogP contribution in [0.1, 0.15) is 52.4 Å². The van der Waals surface area contributed by atoms with Gasteiger partial charge in [0, 0.05) is 5.92 Å². The maximum atomic E-state index is 12.7. The number of esters is 1. The average Bonchev–Trinajstić information content (AvgIpc) is 2.47. The molecular formula is C16H26F3NO2. The van der Waals surface area contributed by atoms with Crippen LogP contribution in [0.4, 0.5) is 13.2 Å². The highest BCUT2D eigenvalue weighted by molar-refractivity contribution is 5.73. The Kier molecular flexibility index (Phi) is 5.41. The first-order valence-electron chi connectivity index (χ1n) is 8.20. The Hall–Kier alpha value is -0.780. The Morgan fingerprint density at radius 2 is 1.50 bits per heavy atom. The number of ether oxygens (including phenoxy) is 1. The van der Waals surface area contributed by atoms with Crippen molar-refractivity contribution in [2.45, 2.75) is 64.1 Å². The zero-order valence-corrected chi connectivity index (χ0v) is 13.3. The van der Waals surface area contributed by atoms with E-state index in [1.807, 2.05) is 13.8 Å². The van der Waals surface area contributed by atoms with Crippen LogP contribution >= 0.6 is 0 Å². The third-order valence-corrected chi connectivity index (χ3v) is 5.21. The fourth-order valence-corrected chi connectivity index (χ4v) is 3.60. The first kappa shape index (κ1) is 17.6. The molecule has 3 nitrogen and oxygen atoms in total. The molecule has 0 aromatic heterocycles. The van der Waals surface area contributed by atoms with Gasteiger partial charge < -0.3 is 10.1 Å². The summed E-state index contributed by atoms with van der Waals surface area (Å²) in [6.45, 7) is 5.68. The minimum Gasteiger partial charge on any atom is -0.459 e. The molecule has 6 heteroatoms. The molecule has 22 heavy (non-hydrogen) atoms. The van der Waals surface area contributed by atoms with Crippen LogP contribution in [-0.4, -0.2) is 30.8 Å². The van der Waals surface area contributed by atoms with Gasteiger partial charge >= 0.3 is 12.1 Å². The minimum absolute atomic E-state index is 0.0387. The lowest BCUT2D eigenvalue weighted by Crippen LogP contribution is -2.44. The summed E-state index contributed by atoms with van der Waals surface area (Å²) in [6.07, 6.45) is -1.57. The van der Waals surface area contributed by atoms with E-state index in [4.69, 9.17) is 4.74 Å². The monoisotopic (exact) mass is 321 g/mol. The van der Waals surface area contributed by atoms with Gasteiger partial charge in [-0.2, -0.15) is 13.2 Å². The van der Waals surface area contributed by atoms with E-state index in [1.165, 1.54) is 0 Å². The number of alkyl halides is 3. The molecular weight excluding hydrogens is 295 g/mol. The first-order valence-corrected chi connectivity index (χ1v) is 8.20. The molecule has 0 atom stereocenters. The second-order valence-corrected chi connectivity index (χ2v) is 7.14. The van der Waals surface area contributed by atoms with Gasteiger partial charge in [0.15, 0.2) is 0 Å². The zero-order chi connectivity index (χ0) is 16.4. The van der Waals surface area contributed by atoms with E-state index in [0.29, 0.717) is 5.92 Å². The molecule has 0 unspecified atom stereocenters. The fourth-order valence-electron chi connectivity index (χ4n) is 3.60. The van der Waals surface area contributed by atoms with Crippen LogP contribution in [0.15, 0.2) is 0 Å². The van der Waals surface area contributed by atoms with Crippen LogP contribution in [0.2, 0.25) is 0 Å². The van der Waals surface area contributed by atoms with Crippen molar-refractivity contribution in [1.82, 2.24) is 5.32 Å². The molecule has 0 bridgehead atoms. The Labute approximate surface area is 130 Å². The van der Waals surface area contributed by atoms with Crippen molar-refractivity contribution in [3.8, 4) is 0 Å². The zero-order valence-electron chi connectivity index (χ0n) is 13.3. The molecule has 1 heterocycles. The summed E-state index contributed by atoms with van der Waals surface area (Å²) in [5.74, 6) is -1.64. The molecule has 2 rings (SSSR count). The van der Waals surface area contributed by atoms with E-state index >= 15 is 0 Å². The van der Waals surface area contributed by atoms with Gasteiger partial charge in [-0.05, 0) is 65.5 Å². The van der Waals surface area contributed by atoms with Crippen LogP contribution in [0.25, 0.3) is 0 Å². The van der Waals surface area contributed by atoms with E-state index in [2.05, 4.69) is 5.32 Å². The summed E-state index contributed by atoms with van der Waals surface area (Å²) in [7, 11) is 0. The lowest BCUT2D eigenvalue weighted by molar-refractivity contribution is -0.190. The largest absolute Gasteiger partial charge is 0.459 e. The van der Waals surface area contributed by atoms with E-state index in [-0.39, 0.29) is 37.6 Å². The maximum absolute atomic E-state index is 12.7. The number of piperidine rings is 1. The fraction of sp³-hybridized carbons (Fsp3) is 0.938. The standard InChI is InChI=1S/C16H26F3NO2/c1-15(2,12-7-9-20-10-8-12)22-14(21)11-3-5-13(6-4-11)16(17,18)19/h11-13,20H,3-10H2,1-2H3. The van der Waals surface area contributed by atoms with Crippen molar-refractivity contribution in [2.24, 2.45) is 17.8 Å². The summed E-state index contributed by atoms with van der Waals surface area (Å²) in [4.78, 5) is 12.3. The highest BCUT2D eigenvalue weighted by Crippen LogP contribution is 2.40. The normalized spacial score (nSPS) is 28.4. The van der Waals surface area contributed by atoms with Crippen LogP contribution in [0.5, 0.6) is 0 Å². The molecule has 0 amide bonds. The Morgan fingerprint density at radius 1 is 0.955 bits per heavy atom. The number of carbonyl (C=O) groups excluding carboxylic acids is 1. The SMILES string of the molecule is CC(C)(OC(=O)C1CCC(C(F)(F)F)CC1)C1CCNCC1. The van der Waals surface area contributed by atoms with Crippen molar-refractivity contribution in [1.29, 1.82) is 0 Å². The molecule has 1 N–H and O–H groups in total. The first-order chi connectivity index (χ1) is 10.2. The number of halogens is 3. The molecule has 2 aliphatic rings. The molecule has 1 aliphatic heterocycles. The molecule has 0 radical (unpaired) electrons. The lowest BCUT2D eigenvalue weighted by Gasteiger charge is -2.38. The molecule has 0 aromatic carbocycles. The number of hydrogen-bond donors (Lipinski definition) is 1. The average molecular weight is 321 g/mol. The highest BCUT2D eigenvalue weighted by atomic mass is 19.4. The van der Waals surface area contributed by atoms with Gasteiger partial charge in [0.1, 0.15) is 5.60 Å². The second-order valence-electron chi connectivity index (χ2n) is 7.14. The topological polar surface area (TPSA) is 38.3 Å². The van der Waals surface area contributed by atoms with Crippen LogP contribution in [-0.2, 0) is 9.53 Å². The van der Waals surface area contributed by atoms with Crippen molar-refractivity contribution >= 4 is 5.97 Å². The number of nitrogens with one attached hydrogen (secondary N) is 1. The second kappa shape index (κ2) is 6.77. The van der Waals surface area contributed by atoms with Gasteiger partial charge in [0.05, 0.1) is 11.8 Å². The quantitative estimate of drug-likeness (QED) is 0.806. The van der Waals surface area contributed by atoms with Gasteiger partial charge in [0.2, 0.25) is 0 Å². The molecule has 128 valence electrons. The summed E-state index contributed by atoms with van der Waals surface area (Å²) in [5.41, 5.74) is -0.542. The highest BCUT2D eigenvalue weighted by Gasteiger charge is 2.44. The summed E-state index contributed by atoms with van der Waals surface area (Å²) >= 11 is 0. The smallest absolute Gasteiger partial charge is 0.391 e. The third kappa shape index (κ3) is 4.37. The van der Waals surface area contributed by atoms with E-state index in [9.17, 15) is 18.0 Å². The van der Waals surface area contributed by atoms with Crippen molar-refractivity contribution in [3.63, 3.8) is 0 Å². The molecule has 1 aliphatic carbocycles. The summed E-state index contributed by atoms with van der Waals surface area (Å²) < 4.78 is 43.7. The Bertz CT molecular complexity index is 381. The molecule has 2 fully saturated rings. The summed E-state index contributed by atoms with van der Waals surface area (Å²) in [5, 5.41) is 3.28. The minimum atomic E-state index is -4.14. The van der Waals surface area contributed by atoms with Gasteiger partial charge in [-0.3, -0.25) is 4.79 Å². The van der Waals surface area contributed by atoms with Crippen LogP contribution < -0.4 is 5.32 Å². The van der Waals surface area contributed by atoms with E-state index in [0.717, 1.165) is 25.9 Å². The summed E-state index contributed by atoms with van der Waals surface area (Å²) in [6, 6.07) is 0. The van der Waals surface area contributed by atoms with Gasteiger partial charge in [-0.1, -0.05) is 0 Å². The molecule has 1 saturated carbocycles. The van der Waals surface area contributed by atoms with E-state index in [1.54, 1.807) is 0 Å². The predicted octanol–water partition coefficient (Wildman–Crippen LogP) is 3.68. The van der Waals surface area contributed by atoms with Crippen LogP contribution in [0.3, 0.4) is 0 Å². The lowest BCUT2D eigenvalue weighted by atomic mass is 9.80. The van der Waals surface area contributed by atoms with Crippen molar-refractivity contribution in [3.05, 3.63) is 0 Å². The van der Waals surface area contributed by atoms with Crippen molar-refractivity contribution in [2.75, 3.05) is 13.1 Å². The molecule has 1 saturated heterocycles. The van der Waals surface area contributed by atoms with Crippen LogP contribution in [0, 0.1) is 17.8 Å². The maximum Gasteiger partial charge on any atom is 0.391 e. The van der Waals surface area contributed by atoms with Crippen molar-refractivity contribution < 1.29 is 22.7 Å². The predicted molar refractivity (Wildman–Crippen MR) is 77.3 cm³/mol. The number of rotatable bonds is 3. The number of hydrogen-bond acceptors (Lipinski definition) is 3. The third-order valence-electron chi connectivity index (χ3n) is 5.21. The van der Waals surface area contributed by atoms with Gasteiger partial charge in [-0.25, -0.2) is 0 Å². The van der Waals surface area contributed by atoms with Gasteiger partial charge in [0.25, 0.3) is 0 Å². The molecule has 0 aromatic rings. The Balaban J connectivity index is 1.85.